The van der Waals surface area contributed by atoms with Gasteiger partial charge in [-0.25, -0.2) is 4.98 Å². The number of carbonyl (C=O) groups excluding carboxylic acids is 1. The minimum atomic E-state index is -0.484. The van der Waals surface area contributed by atoms with Crippen LogP contribution in [0.4, 0.5) is 5.69 Å². The first kappa shape index (κ1) is 14.3. The number of anilines is 1. The van der Waals surface area contributed by atoms with Crippen molar-refractivity contribution in [3.63, 3.8) is 0 Å². The first-order chi connectivity index (χ1) is 10.6. The molecule has 0 spiro atoms. The van der Waals surface area contributed by atoms with Gasteiger partial charge >= 0.3 is 0 Å². The lowest BCUT2D eigenvalue weighted by molar-refractivity contribution is 0.102. The van der Waals surface area contributed by atoms with Crippen LogP contribution in [0.5, 0.6) is 5.75 Å². The third-order valence-corrected chi connectivity index (χ3v) is 4.17. The van der Waals surface area contributed by atoms with E-state index in [0.717, 1.165) is 5.69 Å². The molecule has 1 aromatic carbocycles. The second-order valence-corrected chi connectivity index (χ2v) is 5.49. The number of amides is 1. The van der Waals surface area contributed by atoms with Gasteiger partial charge in [0.1, 0.15) is 11.3 Å². The summed E-state index contributed by atoms with van der Waals surface area (Å²) >= 11 is 1.36. The molecule has 0 unspecified atom stereocenters. The van der Waals surface area contributed by atoms with Crippen LogP contribution < -0.4 is 15.6 Å². The summed E-state index contributed by atoms with van der Waals surface area (Å²) in [7, 11) is 1.57. The summed E-state index contributed by atoms with van der Waals surface area (Å²) in [5, 5.41) is 4.51. The van der Waals surface area contributed by atoms with Crippen LogP contribution in [0.1, 0.15) is 16.1 Å². The molecule has 0 saturated carbocycles. The van der Waals surface area contributed by atoms with Gasteiger partial charge in [0, 0.05) is 23.0 Å². The molecular weight excluding hydrogens is 302 g/mol. The fourth-order valence-corrected chi connectivity index (χ4v) is 2.88. The number of carbonyl (C=O) groups is 1. The number of aromatic nitrogens is 2. The molecule has 1 N–H and O–H groups in total. The fourth-order valence-electron chi connectivity index (χ4n) is 2.05. The molecule has 7 heteroatoms. The van der Waals surface area contributed by atoms with E-state index in [2.05, 4.69) is 10.3 Å². The van der Waals surface area contributed by atoms with E-state index in [1.54, 1.807) is 38.3 Å². The summed E-state index contributed by atoms with van der Waals surface area (Å²) in [6.07, 6.45) is 1.31. The van der Waals surface area contributed by atoms with E-state index in [9.17, 15) is 9.59 Å². The molecule has 0 fully saturated rings. The molecule has 0 radical (unpaired) electrons. The maximum absolute atomic E-state index is 12.4. The predicted molar refractivity (Wildman–Crippen MR) is 85.0 cm³/mol. The number of methoxy groups -OCH3 is 1. The van der Waals surface area contributed by atoms with Crippen LogP contribution in [0.2, 0.25) is 0 Å². The van der Waals surface area contributed by atoms with Crippen molar-refractivity contribution in [2.45, 2.75) is 6.92 Å². The van der Waals surface area contributed by atoms with Gasteiger partial charge in [0.2, 0.25) is 0 Å². The topological polar surface area (TPSA) is 72.7 Å². The Balaban J connectivity index is 1.93. The molecule has 3 aromatic rings. The number of nitrogens with one attached hydrogen (secondary N) is 1. The Hall–Kier alpha value is -2.67. The molecule has 0 aliphatic heterocycles. The summed E-state index contributed by atoms with van der Waals surface area (Å²) in [6, 6.07) is 6.87. The van der Waals surface area contributed by atoms with Crippen molar-refractivity contribution >= 4 is 27.9 Å². The van der Waals surface area contributed by atoms with Crippen molar-refractivity contribution in [2.24, 2.45) is 0 Å². The molecule has 6 nitrogen and oxygen atoms in total. The summed E-state index contributed by atoms with van der Waals surface area (Å²) in [4.78, 5) is 29.4. The number of fused-ring (bicyclic) bond motifs is 1. The zero-order valence-electron chi connectivity index (χ0n) is 12.0. The van der Waals surface area contributed by atoms with Crippen molar-refractivity contribution in [1.29, 1.82) is 0 Å². The van der Waals surface area contributed by atoms with Crippen molar-refractivity contribution in [1.82, 2.24) is 9.38 Å². The minimum absolute atomic E-state index is 0.00909. The maximum Gasteiger partial charge on any atom is 0.271 e. The fraction of sp³-hybridized carbons (Fsp3) is 0.133. The van der Waals surface area contributed by atoms with E-state index in [1.807, 2.05) is 5.38 Å². The first-order valence-corrected chi connectivity index (χ1v) is 7.39. The van der Waals surface area contributed by atoms with Crippen LogP contribution in [0.15, 0.2) is 40.6 Å². The van der Waals surface area contributed by atoms with Gasteiger partial charge in [-0.05, 0) is 31.2 Å². The van der Waals surface area contributed by atoms with Gasteiger partial charge < -0.3 is 10.1 Å². The Morgan fingerprint density at radius 1 is 1.32 bits per heavy atom. The van der Waals surface area contributed by atoms with Gasteiger partial charge in [-0.1, -0.05) is 0 Å². The zero-order valence-corrected chi connectivity index (χ0v) is 12.8. The highest BCUT2D eigenvalue weighted by atomic mass is 32.1. The molecule has 3 rings (SSSR count). The molecule has 0 aliphatic rings. The highest BCUT2D eigenvalue weighted by Gasteiger charge is 2.15. The summed E-state index contributed by atoms with van der Waals surface area (Å²) in [6.45, 7) is 1.80. The Morgan fingerprint density at radius 3 is 2.73 bits per heavy atom. The monoisotopic (exact) mass is 315 g/mol. The Bertz CT molecular complexity index is 897. The van der Waals surface area contributed by atoms with Crippen LogP contribution in [0.3, 0.4) is 0 Å². The molecule has 0 bridgehead atoms. The van der Waals surface area contributed by atoms with Crippen LogP contribution in [-0.4, -0.2) is 22.4 Å². The van der Waals surface area contributed by atoms with Gasteiger partial charge in [0.25, 0.3) is 11.5 Å². The maximum atomic E-state index is 12.4. The average Bonchev–Trinajstić information content (AvgIpc) is 2.90. The van der Waals surface area contributed by atoms with E-state index in [1.165, 1.54) is 21.9 Å². The number of rotatable bonds is 3. The molecule has 2 heterocycles. The lowest BCUT2D eigenvalue weighted by Gasteiger charge is -2.06. The number of nitrogens with zero attached hydrogens (tertiary/aromatic N) is 2. The van der Waals surface area contributed by atoms with Crippen molar-refractivity contribution in [2.75, 3.05) is 12.4 Å². The number of hydrogen-bond donors (Lipinski definition) is 1. The van der Waals surface area contributed by atoms with Crippen molar-refractivity contribution < 1.29 is 9.53 Å². The SMILES string of the molecule is COc1ccc(NC(=O)c2cnc3scc(C)n3c2=O)cc1. The van der Waals surface area contributed by atoms with Crippen LogP contribution >= 0.6 is 11.3 Å². The van der Waals surface area contributed by atoms with Gasteiger partial charge in [-0.2, -0.15) is 0 Å². The second-order valence-electron chi connectivity index (χ2n) is 4.65. The predicted octanol–water partition coefficient (Wildman–Crippen LogP) is 2.33. The van der Waals surface area contributed by atoms with E-state index in [0.29, 0.717) is 16.4 Å². The smallest absolute Gasteiger partial charge is 0.271 e. The van der Waals surface area contributed by atoms with Crippen LogP contribution in [0.25, 0.3) is 4.96 Å². The number of benzene rings is 1. The third kappa shape index (κ3) is 2.46. The lowest BCUT2D eigenvalue weighted by atomic mass is 10.2. The number of aryl methyl sites for hydroxylation is 1. The van der Waals surface area contributed by atoms with Gasteiger partial charge in [-0.3, -0.25) is 14.0 Å². The van der Waals surface area contributed by atoms with Crippen molar-refractivity contribution in [3.8, 4) is 5.75 Å². The van der Waals surface area contributed by atoms with Crippen LogP contribution in [0, 0.1) is 6.92 Å². The van der Waals surface area contributed by atoms with Gasteiger partial charge in [-0.15, -0.1) is 11.3 Å². The minimum Gasteiger partial charge on any atom is -0.497 e. The molecule has 0 saturated heterocycles. The third-order valence-electron chi connectivity index (χ3n) is 3.21. The number of hydrogen-bond acceptors (Lipinski definition) is 5. The highest BCUT2D eigenvalue weighted by molar-refractivity contribution is 7.15. The Morgan fingerprint density at radius 2 is 2.05 bits per heavy atom. The highest BCUT2D eigenvalue weighted by Crippen LogP contribution is 2.16. The number of thiazole rings is 1. The van der Waals surface area contributed by atoms with Gasteiger partial charge in [0.05, 0.1) is 7.11 Å². The van der Waals surface area contributed by atoms with E-state index in [-0.39, 0.29) is 11.1 Å². The average molecular weight is 315 g/mol. The molecule has 22 heavy (non-hydrogen) atoms. The molecule has 0 atom stereocenters. The summed E-state index contributed by atoms with van der Waals surface area (Å²) in [5.74, 6) is 0.206. The second kappa shape index (κ2) is 5.61. The molecule has 2 aromatic heterocycles. The molecule has 0 aliphatic carbocycles. The summed E-state index contributed by atoms with van der Waals surface area (Å²) < 4.78 is 6.49. The molecule has 112 valence electrons. The first-order valence-electron chi connectivity index (χ1n) is 6.51. The summed E-state index contributed by atoms with van der Waals surface area (Å²) in [5.41, 5.74) is 0.985. The molecule has 1 amide bonds. The molecular formula is C15H13N3O3S. The standard InChI is InChI=1S/C15H13N3O3S/c1-9-8-22-15-16-7-12(14(20)18(9)15)13(19)17-10-3-5-11(21-2)6-4-10/h3-8H,1-2H3,(H,17,19). The van der Waals surface area contributed by atoms with E-state index >= 15 is 0 Å². The Kier molecular flexibility index (Phi) is 3.64. The largest absolute Gasteiger partial charge is 0.497 e. The zero-order chi connectivity index (χ0) is 15.7. The van der Waals surface area contributed by atoms with Gasteiger partial charge in [0.15, 0.2) is 4.96 Å². The van der Waals surface area contributed by atoms with E-state index < -0.39 is 5.91 Å². The normalized spacial score (nSPS) is 10.6. The Labute approximate surface area is 130 Å². The quantitative estimate of drug-likeness (QED) is 0.805. The van der Waals surface area contributed by atoms with E-state index in [4.69, 9.17) is 4.74 Å². The lowest BCUT2D eigenvalue weighted by Crippen LogP contribution is -2.26. The van der Waals surface area contributed by atoms with Crippen molar-refractivity contribution in [3.05, 3.63) is 57.5 Å². The number of ether oxygens (including phenoxy) is 1. The van der Waals surface area contributed by atoms with Crippen LogP contribution in [-0.2, 0) is 0 Å².